The van der Waals surface area contributed by atoms with Crippen molar-refractivity contribution in [3.63, 3.8) is 0 Å². The third kappa shape index (κ3) is 50.9. The van der Waals surface area contributed by atoms with Crippen LogP contribution in [-0.2, 0) is 50.9 Å². The first kappa shape index (κ1) is 95.2. The van der Waals surface area contributed by atoms with Crippen molar-refractivity contribution in [1.29, 1.82) is 0 Å². The molecule has 0 heterocycles. The molecule has 0 radical (unpaired) electrons. The number of hydrogen-bond donors (Lipinski definition) is 8. The SMILES string of the molecule is C.C.C.C.C.C.CCCCC/C=C\C/C=C\C/C=C\C/C=C\CCCC(=O)O[C@H](COC(=O)CCCCCCCCCCCCCCCCC)COP(=O)([O-])O[C@H]1C(O)C(OP(=O)([O-])O)C(OP(=O)([O-])O)[C@@H](O)C1O.[NH4+].[NH4+].[NH4+]. The van der Waals surface area contributed by atoms with Gasteiger partial charge in [0.15, 0.2) is 6.10 Å². The molecule has 22 nitrogen and oxygen atoms in total. The zero-order chi connectivity index (χ0) is 51.4. The van der Waals surface area contributed by atoms with Gasteiger partial charge in [-0.2, -0.15) is 0 Å². The Labute approximate surface area is 472 Å². The predicted molar refractivity (Wildman–Crippen MR) is 313 cm³/mol. The van der Waals surface area contributed by atoms with Gasteiger partial charge in [-0.05, 0) is 51.4 Å². The molecule has 25 heteroatoms. The minimum Gasteiger partial charge on any atom is -0.756 e. The molecule has 0 aliphatic heterocycles. The van der Waals surface area contributed by atoms with Gasteiger partial charge in [-0.1, -0.05) is 210 Å². The Kier molecular flexibility index (Phi) is 69.4. The minimum absolute atomic E-state index is 0. The van der Waals surface area contributed by atoms with E-state index in [1.807, 2.05) is 18.2 Å². The van der Waals surface area contributed by atoms with Gasteiger partial charge in [-0.15, -0.1) is 0 Å². The highest BCUT2D eigenvalue weighted by atomic mass is 31.2. The second-order valence-electron chi connectivity index (χ2n) is 17.3. The molecule has 78 heavy (non-hydrogen) atoms. The summed E-state index contributed by atoms with van der Waals surface area (Å²) in [6.45, 7) is 2.76. The van der Waals surface area contributed by atoms with Crippen LogP contribution in [0.1, 0.15) is 225 Å². The van der Waals surface area contributed by atoms with E-state index < -0.39 is 91.3 Å². The van der Waals surface area contributed by atoms with Crippen molar-refractivity contribution >= 4 is 35.4 Å². The van der Waals surface area contributed by atoms with Crippen LogP contribution in [-0.4, -0.2) is 93.0 Å². The topological polar surface area (TPSA) is 421 Å². The van der Waals surface area contributed by atoms with Crippen LogP contribution in [0.5, 0.6) is 0 Å². The Morgan fingerprint density at radius 3 is 1.23 bits per heavy atom. The fourth-order valence-electron chi connectivity index (χ4n) is 7.38. The molecule has 0 aromatic rings. The van der Waals surface area contributed by atoms with Gasteiger partial charge in [-0.25, -0.2) is 0 Å². The maximum absolute atomic E-state index is 13.0. The van der Waals surface area contributed by atoms with Crippen LogP contribution < -0.4 is 33.1 Å². The first-order valence-electron chi connectivity index (χ1n) is 24.9. The molecule has 10 atom stereocenters. The second kappa shape index (κ2) is 56.8. The van der Waals surface area contributed by atoms with E-state index in [1.54, 1.807) is 0 Å². The molecule has 1 aliphatic carbocycles. The summed E-state index contributed by atoms with van der Waals surface area (Å²) in [4.78, 5) is 79.6. The van der Waals surface area contributed by atoms with Crippen LogP contribution in [0.4, 0.5) is 0 Å². The smallest absolute Gasteiger partial charge is 0.306 e. The summed E-state index contributed by atoms with van der Waals surface area (Å²) >= 11 is 0. The van der Waals surface area contributed by atoms with Crippen molar-refractivity contribution in [1.82, 2.24) is 18.5 Å². The first-order chi connectivity index (χ1) is 32.8. The number of phosphoric ester groups is 3. The summed E-state index contributed by atoms with van der Waals surface area (Å²) in [7, 11) is -17.5. The standard InChI is InChI=1S/C47H85O19P3.6CH4.3H3N/c1-3-5-7-9-11-13-15-17-19-20-22-24-26-28-30-32-34-36-41(49)63-39(37-61-40(48)35-33-31-29-27-25-23-21-18-16-14-12-10-8-6-4-2)38-62-69(59,60)66-45-42(50)43(51)46(64-67(53,54)55)47(44(45)52)65-68(56,57)58;;;;;;;;;/h11,13,17,19,22,24,28,30,39,42-47,50-52H,3-10,12,14-16,18,20-21,23,25-27,29,31-38H2,1-2H3,(H,59,60)(H2,53,54,55)(H2,56,57,58);6*1H4;3*1H3/b13-11-,19-17-,24-22-,30-28-;;;;;;;;;/t39-,42?,43+,44?,45-,46?,47?;;;;;;;;;/m1........./s1. The molecule has 0 aromatic carbocycles. The molecule has 0 aromatic heterocycles. The molecule has 474 valence electrons. The normalized spacial score (nSPS) is 20.4. The van der Waals surface area contributed by atoms with E-state index in [0.717, 1.165) is 44.9 Å². The lowest BCUT2D eigenvalue weighted by molar-refractivity contribution is -0.280. The number of ether oxygens (including phenoxy) is 2. The summed E-state index contributed by atoms with van der Waals surface area (Å²) in [6.07, 6.45) is 24.5. The average Bonchev–Trinajstić information content (AvgIpc) is 3.28. The van der Waals surface area contributed by atoms with Gasteiger partial charge in [0.05, 0.1) is 6.61 Å². The molecule has 0 spiro atoms. The van der Waals surface area contributed by atoms with Crippen LogP contribution in [0, 0.1) is 0 Å². The Bertz CT molecular complexity index is 1650. The number of allylic oxidation sites excluding steroid dienone is 8. The number of esters is 2. The van der Waals surface area contributed by atoms with Crippen LogP contribution in [0.3, 0.4) is 0 Å². The lowest BCUT2D eigenvalue weighted by Gasteiger charge is -2.47. The quantitative estimate of drug-likeness (QED) is 0.0122. The molecule has 0 bridgehead atoms. The van der Waals surface area contributed by atoms with Crippen molar-refractivity contribution < 1.29 is 90.6 Å². The third-order valence-corrected chi connectivity index (χ3v) is 13.1. The van der Waals surface area contributed by atoms with Gasteiger partial charge in [-0.3, -0.25) is 23.3 Å². The molecule has 0 amide bonds. The highest BCUT2D eigenvalue weighted by Gasteiger charge is 2.54. The van der Waals surface area contributed by atoms with Crippen molar-refractivity contribution in [3.05, 3.63) is 48.6 Å². The maximum atomic E-state index is 13.0. The van der Waals surface area contributed by atoms with E-state index in [9.17, 15) is 58.2 Å². The van der Waals surface area contributed by atoms with Crippen molar-refractivity contribution in [2.45, 2.75) is 268 Å². The zero-order valence-electron chi connectivity index (χ0n) is 43.8. The zero-order valence-corrected chi connectivity index (χ0v) is 46.4. The fourth-order valence-corrected chi connectivity index (χ4v) is 9.44. The van der Waals surface area contributed by atoms with Crippen LogP contribution >= 0.6 is 23.5 Å². The number of aliphatic hydroxyl groups excluding tert-OH is 3. The third-order valence-electron chi connectivity index (χ3n) is 11.1. The number of unbranched alkanes of at least 4 members (excludes halogenated alkanes) is 18. The molecular weight excluding hydrogens is 1080 g/mol. The molecule has 1 saturated carbocycles. The van der Waals surface area contributed by atoms with Gasteiger partial charge in [0, 0.05) is 12.8 Å². The van der Waals surface area contributed by atoms with Crippen molar-refractivity contribution in [3.8, 4) is 0 Å². The van der Waals surface area contributed by atoms with E-state index in [1.165, 1.54) is 83.5 Å². The molecule has 0 saturated heterocycles. The Hall–Kier alpha value is -2.01. The van der Waals surface area contributed by atoms with Gasteiger partial charge in [0.25, 0.3) is 23.5 Å². The summed E-state index contributed by atoms with van der Waals surface area (Å²) in [6, 6.07) is 0. The van der Waals surface area contributed by atoms with Gasteiger partial charge >= 0.3 is 11.9 Å². The summed E-state index contributed by atoms with van der Waals surface area (Å²) in [5, 5.41) is 31.7. The molecule has 1 rings (SSSR count). The second-order valence-corrected chi connectivity index (χ2v) is 21.0. The first-order valence-corrected chi connectivity index (χ1v) is 29.3. The summed E-state index contributed by atoms with van der Waals surface area (Å²) in [5.41, 5.74) is 0. The number of aliphatic hydroxyl groups is 3. The number of rotatable bonds is 42. The Morgan fingerprint density at radius 2 is 0.808 bits per heavy atom. The van der Waals surface area contributed by atoms with E-state index in [2.05, 4.69) is 53.3 Å². The van der Waals surface area contributed by atoms with E-state index in [4.69, 9.17) is 23.4 Å². The van der Waals surface area contributed by atoms with E-state index in [0.29, 0.717) is 25.7 Å². The molecule has 7 unspecified atom stereocenters. The molecule has 1 fully saturated rings. The van der Waals surface area contributed by atoms with Crippen molar-refractivity contribution in [2.75, 3.05) is 13.2 Å². The summed E-state index contributed by atoms with van der Waals surface area (Å²) < 4.78 is 64.4. The number of carbonyl (C=O) groups excluding carboxylic acids is 2. The molecule has 17 N–H and O–H groups in total. The minimum atomic E-state index is -5.89. The number of carbonyl (C=O) groups is 2. The van der Waals surface area contributed by atoms with E-state index >= 15 is 0 Å². The maximum Gasteiger partial charge on any atom is 0.306 e. The van der Waals surface area contributed by atoms with Crippen LogP contribution in [0.2, 0.25) is 0 Å². The highest BCUT2D eigenvalue weighted by Crippen LogP contribution is 2.48. The highest BCUT2D eigenvalue weighted by molar-refractivity contribution is 7.46. The summed E-state index contributed by atoms with van der Waals surface area (Å²) in [5.74, 6) is -1.42. The number of phosphoric acid groups is 3. The number of quaternary nitrogens is 3. The van der Waals surface area contributed by atoms with Crippen LogP contribution in [0.15, 0.2) is 48.6 Å². The van der Waals surface area contributed by atoms with Crippen LogP contribution in [0.25, 0.3) is 0 Å². The Balaban J connectivity index is -0.000000756. The van der Waals surface area contributed by atoms with Gasteiger partial charge < -0.3 is 85.8 Å². The number of hydrogen-bond acceptors (Lipinski definition) is 17. The van der Waals surface area contributed by atoms with E-state index in [-0.39, 0.29) is 75.9 Å². The predicted octanol–water partition coefficient (Wildman–Crippen LogP) is 12.5. The molecular formula is C53H118N3O19P3. The average molecular weight is 1190 g/mol. The monoisotopic (exact) mass is 1190 g/mol. The molecule has 1 aliphatic rings. The lowest BCUT2D eigenvalue weighted by Crippen LogP contribution is -2.65. The Morgan fingerprint density at radius 1 is 0.462 bits per heavy atom. The lowest BCUT2D eigenvalue weighted by atomic mass is 9.85. The largest absolute Gasteiger partial charge is 0.756 e. The van der Waals surface area contributed by atoms with Gasteiger partial charge in [0.1, 0.15) is 43.2 Å². The fraction of sp³-hybridized carbons (Fsp3) is 0.811. The van der Waals surface area contributed by atoms with Gasteiger partial charge in [0.2, 0.25) is 0 Å². The van der Waals surface area contributed by atoms with Crippen molar-refractivity contribution in [2.24, 2.45) is 0 Å².